The van der Waals surface area contributed by atoms with Gasteiger partial charge in [0.25, 0.3) is 0 Å². The SMILES string of the molecule is CC1(C)NC2CCCCC2NC1c1cc(F)c(F)c2occc12. The smallest absolute Gasteiger partial charge is 0.201 e. The van der Waals surface area contributed by atoms with E-state index in [1.165, 1.54) is 25.2 Å². The molecule has 5 heteroatoms. The number of nitrogens with one attached hydrogen (secondary N) is 2. The predicted molar refractivity (Wildman–Crippen MR) is 85.3 cm³/mol. The van der Waals surface area contributed by atoms with Gasteiger partial charge in [-0.1, -0.05) is 12.8 Å². The first-order valence-electron chi connectivity index (χ1n) is 8.36. The second kappa shape index (κ2) is 5.28. The number of rotatable bonds is 1. The fourth-order valence-electron chi connectivity index (χ4n) is 4.30. The number of hydrogen-bond acceptors (Lipinski definition) is 3. The number of halogens is 2. The predicted octanol–water partition coefficient (Wildman–Crippen LogP) is 4.03. The molecular formula is C18H22F2N2O. The van der Waals surface area contributed by atoms with Gasteiger partial charge in [-0.15, -0.1) is 0 Å². The topological polar surface area (TPSA) is 37.2 Å². The van der Waals surface area contributed by atoms with Crippen LogP contribution in [-0.2, 0) is 0 Å². The third kappa shape index (κ3) is 2.37. The molecule has 1 aromatic heterocycles. The van der Waals surface area contributed by atoms with Crippen LogP contribution in [0.3, 0.4) is 0 Å². The Labute approximate surface area is 134 Å². The van der Waals surface area contributed by atoms with Gasteiger partial charge in [0.15, 0.2) is 11.4 Å². The van der Waals surface area contributed by atoms with Gasteiger partial charge in [-0.05, 0) is 44.4 Å². The standard InChI is InChI=1S/C18H22F2N2O/c1-18(2)17(21-13-5-3-4-6-14(13)22-18)11-9-12(19)15(20)16-10(11)7-8-23-16/h7-9,13-14,17,21-22H,3-6H2,1-2H3. The minimum atomic E-state index is -0.911. The normalized spacial score (nSPS) is 30.3. The molecule has 3 atom stereocenters. The van der Waals surface area contributed by atoms with Crippen LogP contribution >= 0.6 is 0 Å². The van der Waals surface area contributed by atoms with Crippen LogP contribution in [0.4, 0.5) is 8.78 Å². The van der Waals surface area contributed by atoms with Crippen LogP contribution < -0.4 is 10.6 Å². The lowest BCUT2D eigenvalue weighted by Gasteiger charge is -2.50. The molecule has 124 valence electrons. The van der Waals surface area contributed by atoms with E-state index in [0.717, 1.165) is 18.4 Å². The largest absolute Gasteiger partial charge is 0.461 e. The van der Waals surface area contributed by atoms with E-state index in [2.05, 4.69) is 24.5 Å². The molecule has 0 bridgehead atoms. The van der Waals surface area contributed by atoms with E-state index in [1.54, 1.807) is 6.07 Å². The average Bonchev–Trinajstić information content (AvgIpc) is 2.99. The molecule has 2 fully saturated rings. The molecule has 2 aromatic rings. The Morgan fingerprint density at radius 2 is 1.91 bits per heavy atom. The summed E-state index contributed by atoms with van der Waals surface area (Å²) >= 11 is 0. The summed E-state index contributed by atoms with van der Waals surface area (Å²) in [6.07, 6.45) is 6.15. The maximum absolute atomic E-state index is 14.0. The zero-order chi connectivity index (χ0) is 16.2. The molecule has 3 unspecified atom stereocenters. The first-order valence-corrected chi connectivity index (χ1v) is 8.36. The number of piperazine rings is 1. The van der Waals surface area contributed by atoms with E-state index in [1.807, 2.05) is 0 Å². The molecule has 0 radical (unpaired) electrons. The fourth-order valence-corrected chi connectivity index (χ4v) is 4.30. The summed E-state index contributed by atoms with van der Waals surface area (Å²) in [6, 6.07) is 3.75. The quantitative estimate of drug-likeness (QED) is 0.833. The van der Waals surface area contributed by atoms with Crippen molar-refractivity contribution >= 4 is 11.0 Å². The Balaban J connectivity index is 1.80. The fraction of sp³-hybridized carbons (Fsp3) is 0.556. The number of furan rings is 1. The van der Waals surface area contributed by atoms with Gasteiger partial charge in [-0.2, -0.15) is 4.39 Å². The highest BCUT2D eigenvalue weighted by Crippen LogP contribution is 2.39. The molecule has 23 heavy (non-hydrogen) atoms. The summed E-state index contributed by atoms with van der Waals surface area (Å²) in [7, 11) is 0. The monoisotopic (exact) mass is 320 g/mol. The van der Waals surface area contributed by atoms with Gasteiger partial charge in [-0.25, -0.2) is 4.39 Å². The molecule has 0 amide bonds. The van der Waals surface area contributed by atoms with E-state index in [9.17, 15) is 8.78 Å². The molecule has 4 rings (SSSR count). The average molecular weight is 320 g/mol. The Morgan fingerprint density at radius 3 is 2.70 bits per heavy atom. The minimum Gasteiger partial charge on any atom is -0.461 e. The van der Waals surface area contributed by atoms with Crippen LogP contribution in [0.15, 0.2) is 22.8 Å². The maximum atomic E-state index is 14.0. The molecule has 2 aliphatic rings. The maximum Gasteiger partial charge on any atom is 0.201 e. The van der Waals surface area contributed by atoms with Crippen molar-refractivity contribution in [2.45, 2.75) is 63.2 Å². The van der Waals surface area contributed by atoms with Gasteiger partial charge >= 0.3 is 0 Å². The van der Waals surface area contributed by atoms with E-state index in [0.29, 0.717) is 17.5 Å². The van der Waals surface area contributed by atoms with Crippen LogP contribution in [0.5, 0.6) is 0 Å². The van der Waals surface area contributed by atoms with Crippen LogP contribution in [-0.4, -0.2) is 17.6 Å². The Hall–Kier alpha value is -1.46. The molecule has 3 nitrogen and oxygen atoms in total. The highest BCUT2D eigenvalue weighted by molar-refractivity contribution is 5.82. The number of benzene rings is 1. The molecular weight excluding hydrogens is 298 g/mol. The summed E-state index contributed by atoms with van der Waals surface area (Å²) < 4.78 is 33.2. The first-order chi connectivity index (χ1) is 11.0. The van der Waals surface area contributed by atoms with Crippen molar-refractivity contribution in [3.8, 4) is 0 Å². The molecule has 1 aliphatic heterocycles. The highest BCUT2D eigenvalue weighted by Gasteiger charge is 2.43. The van der Waals surface area contributed by atoms with Crippen LogP contribution in [0.2, 0.25) is 0 Å². The second-order valence-corrected chi connectivity index (χ2v) is 7.39. The van der Waals surface area contributed by atoms with Crippen molar-refractivity contribution in [3.05, 3.63) is 35.6 Å². The zero-order valence-electron chi connectivity index (χ0n) is 13.5. The third-order valence-electron chi connectivity index (χ3n) is 5.40. The Kier molecular flexibility index (Phi) is 3.46. The first kappa shape index (κ1) is 15.1. The molecule has 1 aromatic carbocycles. The van der Waals surface area contributed by atoms with E-state index in [-0.39, 0.29) is 17.2 Å². The van der Waals surface area contributed by atoms with Gasteiger partial charge < -0.3 is 15.1 Å². The van der Waals surface area contributed by atoms with Crippen molar-refractivity contribution < 1.29 is 13.2 Å². The molecule has 1 aliphatic carbocycles. The summed E-state index contributed by atoms with van der Waals surface area (Å²) in [5.41, 5.74) is 0.505. The van der Waals surface area contributed by atoms with Crippen LogP contribution in [0.25, 0.3) is 11.0 Å². The second-order valence-electron chi connectivity index (χ2n) is 7.39. The Bertz CT molecular complexity index is 740. The zero-order valence-corrected chi connectivity index (χ0v) is 13.5. The molecule has 2 heterocycles. The molecule has 2 N–H and O–H groups in total. The van der Waals surface area contributed by atoms with Gasteiger partial charge in [-0.3, -0.25) is 0 Å². The third-order valence-corrected chi connectivity index (χ3v) is 5.40. The van der Waals surface area contributed by atoms with Gasteiger partial charge in [0, 0.05) is 23.0 Å². The summed E-state index contributed by atoms with van der Waals surface area (Å²) in [4.78, 5) is 0. The summed E-state index contributed by atoms with van der Waals surface area (Å²) in [5, 5.41) is 8.07. The lowest BCUT2D eigenvalue weighted by atomic mass is 9.78. The van der Waals surface area contributed by atoms with Crippen molar-refractivity contribution in [2.75, 3.05) is 0 Å². The van der Waals surface area contributed by atoms with Gasteiger partial charge in [0.2, 0.25) is 5.82 Å². The lowest BCUT2D eigenvalue weighted by Crippen LogP contribution is -2.67. The molecule has 1 saturated carbocycles. The van der Waals surface area contributed by atoms with Crippen LogP contribution in [0, 0.1) is 11.6 Å². The van der Waals surface area contributed by atoms with E-state index < -0.39 is 11.6 Å². The number of hydrogen-bond donors (Lipinski definition) is 2. The summed E-state index contributed by atoms with van der Waals surface area (Å²) in [5.74, 6) is -1.77. The van der Waals surface area contributed by atoms with E-state index >= 15 is 0 Å². The van der Waals surface area contributed by atoms with Crippen molar-refractivity contribution in [2.24, 2.45) is 0 Å². The molecule has 1 saturated heterocycles. The van der Waals surface area contributed by atoms with E-state index in [4.69, 9.17) is 4.42 Å². The van der Waals surface area contributed by atoms with Crippen molar-refractivity contribution in [1.29, 1.82) is 0 Å². The number of fused-ring (bicyclic) bond motifs is 2. The molecule has 0 spiro atoms. The Morgan fingerprint density at radius 1 is 1.17 bits per heavy atom. The highest BCUT2D eigenvalue weighted by atomic mass is 19.2. The van der Waals surface area contributed by atoms with Crippen molar-refractivity contribution in [1.82, 2.24) is 10.6 Å². The van der Waals surface area contributed by atoms with Gasteiger partial charge in [0.1, 0.15) is 0 Å². The lowest BCUT2D eigenvalue weighted by molar-refractivity contribution is 0.120. The van der Waals surface area contributed by atoms with Gasteiger partial charge in [0.05, 0.1) is 12.3 Å². The minimum absolute atomic E-state index is 0.00312. The van der Waals surface area contributed by atoms with Crippen molar-refractivity contribution in [3.63, 3.8) is 0 Å². The summed E-state index contributed by atoms with van der Waals surface area (Å²) in [6.45, 7) is 4.23. The van der Waals surface area contributed by atoms with Crippen LogP contribution in [0.1, 0.15) is 51.1 Å².